The predicted octanol–water partition coefficient (Wildman–Crippen LogP) is 6.40. The van der Waals surface area contributed by atoms with Gasteiger partial charge in [-0.05, 0) is 60.3 Å². The Morgan fingerprint density at radius 3 is 1.76 bits per heavy atom. The summed E-state index contributed by atoms with van der Waals surface area (Å²) in [7, 11) is 2.69. The van der Waals surface area contributed by atoms with Gasteiger partial charge < -0.3 is 34.9 Å². The first kappa shape index (κ1) is 37.8. The van der Waals surface area contributed by atoms with Crippen LogP contribution in [0.4, 0.5) is 9.59 Å². The molecule has 0 bridgehead atoms. The molecule has 4 amide bonds. The van der Waals surface area contributed by atoms with Gasteiger partial charge >= 0.3 is 12.2 Å². The van der Waals surface area contributed by atoms with Crippen molar-refractivity contribution in [2.24, 2.45) is 5.92 Å². The normalized spacial score (nSPS) is 18.0. The average molecular weight is 737 g/mol. The number of rotatable bonds is 12. The van der Waals surface area contributed by atoms with Gasteiger partial charge in [-0.1, -0.05) is 68.5 Å². The highest BCUT2D eigenvalue weighted by molar-refractivity contribution is 5.87. The molecule has 4 aromatic rings. The number of aromatic nitrogens is 4. The fraction of sp³-hybridized carbons (Fsp3) is 0.400. The summed E-state index contributed by atoms with van der Waals surface area (Å²) in [5, 5.41) is 12.2. The molecule has 0 unspecified atom stereocenters. The van der Waals surface area contributed by atoms with Crippen LogP contribution >= 0.6 is 0 Å². The van der Waals surface area contributed by atoms with Crippen molar-refractivity contribution in [3.63, 3.8) is 0 Å². The number of aromatic amines is 2. The first-order valence-electron chi connectivity index (χ1n) is 18.3. The van der Waals surface area contributed by atoms with Crippen LogP contribution in [0.15, 0.2) is 73.6 Å². The Morgan fingerprint density at radius 2 is 1.33 bits per heavy atom. The Bertz CT molecular complexity index is 1970. The van der Waals surface area contributed by atoms with Gasteiger partial charge in [-0.15, -0.1) is 6.58 Å². The van der Waals surface area contributed by atoms with E-state index in [-0.39, 0.29) is 36.2 Å². The van der Waals surface area contributed by atoms with E-state index in [1.807, 2.05) is 38.1 Å². The largest absolute Gasteiger partial charge is 0.465 e. The molecule has 0 spiro atoms. The monoisotopic (exact) mass is 736 g/mol. The zero-order valence-electron chi connectivity index (χ0n) is 31.1. The minimum Gasteiger partial charge on any atom is -0.465 e. The van der Waals surface area contributed by atoms with Crippen LogP contribution in [0, 0.1) is 5.92 Å². The molecular formula is C40H48N8O6. The van der Waals surface area contributed by atoms with Gasteiger partial charge in [0, 0.05) is 20.1 Å². The topological polar surface area (TPSA) is 177 Å². The lowest BCUT2D eigenvalue weighted by Crippen LogP contribution is -2.51. The highest BCUT2D eigenvalue weighted by atomic mass is 16.5. The molecule has 54 heavy (non-hydrogen) atoms. The summed E-state index contributed by atoms with van der Waals surface area (Å²) >= 11 is 0. The third-order valence-electron chi connectivity index (χ3n) is 10.5. The molecule has 2 aromatic carbocycles. The first-order valence-corrected chi connectivity index (χ1v) is 18.3. The van der Waals surface area contributed by atoms with Gasteiger partial charge in [0.2, 0.25) is 11.8 Å². The second-order valence-electron chi connectivity index (χ2n) is 14.2. The summed E-state index contributed by atoms with van der Waals surface area (Å²) in [5.41, 5.74) is 5.67. The number of likely N-dealkylation sites (tertiary alicyclic amines) is 2. The molecule has 4 N–H and O–H groups in total. The molecule has 6 rings (SSSR count). The van der Waals surface area contributed by atoms with E-state index in [1.165, 1.54) is 14.2 Å². The van der Waals surface area contributed by atoms with Gasteiger partial charge in [-0.25, -0.2) is 19.6 Å². The van der Waals surface area contributed by atoms with Crippen molar-refractivity contribution in [1.29, 1.82) is 0 Å². The number of carboxylic acid groups (broad SMARTS) is 1. The highest BCUT2D eigenvalue weighted by Gasteiger charge is 2.39. The van der Waals surface area contributed by atoms with Crippen molar-refractivity contribution in [3.05, 3.63) is 85.2 Å². The van der Waals surface area contributed by atoms with E-state index < -0.39 is 24.3 Å². The Hall–Kier alpha value is -5.92. The summed E-state index contributed by atoms with van der Waals surface area (Å²) in [4.78, 5) is 71.3. The molecule has 4 heterocycles. The molecule has 2 fully saturated rings. The van der Waals surface area contributed by atoms with Crippen molar-refractivity contribution >= 4 is 24.0 Å². The Labute approximate surface area is 314 Å². The summed E-state index contributed by atoms with van der Waals surface area (Å²) in [6, 6.07) is 14.3. The van der Waals surface area contributed by atoms with Crippen LogP contribution in [0.25, 0.3) is 33.6 Å². The Kier molecular flexibility index (Phi) is 11.5. The summed E-state index contributed by atoms with van der Waals surface area (Å²) < 4.78 is 4.75. The molecule has 0 saturated carbocycles. The quantitative estimate of drug-likeness (QED) is 0.121. The van der Waals surface area contributed by atoms with Gasteiger partial charge in [-0.3, -0.25) is 14.5 Å². The van der Waals surface area contributed by atoms with Crippen LogP contribution < -0.4 is 5.32 Å². The third kappa shape index (κ3) is 7.87. The van der Waals surface area contributed by atoms with Crippen molar-refractivity contribution in [1.82, 2.24) is 40.0 Å². The van der Waals surface area contributed by atoms with Crippen molar-refractivity contribution < 1.29 is 29.0 Å². The fourth-order valence-corrected chi connectivity index (χ4v) is 7.40. The average Bonchev–Trinajstić information content (AvgIpc) is 4.02. The van der Waals surface area contributed by atoms with E-state index in [0.29, 0.717) is 24.7 Å². The molecule has 4 atom stereocenters. The zero-order chi connectivity index (χ0) is 38.5. The number of likely N-dealkylation sites (N-methyl/N-ethyl adjacent to an activating group) is 1. The van der Waals surface area contributed by atoms with E-state index in [4.69, 9.17) is 4.74 Å². The summed E-state index contributed by atoms with van der Waals surface area (Å²) in [5.74, 6) is 0.889. The zero-order valence-corrected chi connectivity index (χ0v) is 31.1. The number of alkyl carbamates (subject to hydrolysis) is 1. The minimum absolute atomic E-state index is 0.109. The van der Waals surface area contributed by atoms with Crippen LogP contribution in [0.1, 0.15) is 69.7 Å². The number of nitrogens with zero attached hydrogens (tertiary/aromatic N) is 5. The lowest BCUT2D eigenvalue weighted by molar-refractivity contribution is -0.137. The van der Waals surface area contributed by atoms with E-state index >= 15 is 0 Å². The molecule has 0 aliphatic carbocycles. The Morgan fingerprint density at radius 1 is 0.870 bits per heavy atom. The first-order chi connectivity index (χ1) is 26.0. The van der Waals surface area contributed by atoms with E-state index in [9.17, 15) is 24.3 Å². The molecular weight excluding hydrogens is 688 g/mol. The van der Waals surface area contributed by atoms with Crippen LogP contribution in [0.2, 0.25) is 0 Å². The third-order valence-corrected chi connectivity index (χ3v) is 10.5. The molecule has 2 aliphatic heterocycles. The van der Waals surface area contributed by atoms with E-state index in [2.05, 4.69) is 56.1 Å². The summed E-state index contributed by atoms with van der Waals surface area (Å²) in [6.45, 7) is 8.62. The van der Waals surface area contributed by atoms with Gasteiger partial charge in [0.15, 0.2) is 0 Å². The number of ether oxygens (including phenoxy) is 1. The van der Waals surface area contributed by atoms with Crippen LogP contribution in [0.5, 0.6) is 0 Å². The fourth-order valence-electron chi connectivity index (χ4n) is 7.40. The second kappa shape index (κ2) is 16.4. The van der Waals surface area contributed by atoms with Gasteiger partial charge in [0.05, 0.1) is 43.0 Å². The summed E-state index contributed by atoms with van der Waals surface area (Å²) in [6.07, 6.45) is 6.73. The number of carbonyl (C=O) groups is 4. The maximum absolute atomic E-state index is 13.5. The standard InChI is InChI=1S/C40H48N8O6/c1-6-9-33(46(4)40(52)53)37(49)47-20-7-10-31(47)35-41-22-29(43-35)27-16-12-25(13-17-27)26-14-18-28(19-15-26)30-23-42-36(44-30)32-11-8-21-48(32)38(50)34(24(2)3)45-39(51)54-5/h6,12-19,22-24,31-34H,1,7-11,20-21H2,2-5H3,(H,41,43)(H,42,44)(H,45,51)(H,52,53)/t31-,32-,33-,34-/m0/s1. The lowest BCUT2D eigenvalue weighted by Gasteiger charge is -2.31. The van der Waals surface area contributed by atoms with E-state index in [0.717, 1.165) is 64.2 Å². The molecule has 14 heteroatoms. The van der Waals surface area contributed by atoms with Gasteiger partial charge in [-0.2, -0.15) is 0 Å². The smallest absolute Gasteiger partial charge is 0.407 e. The number of methoxy groups -OCH3 is 1. The highest BCUT2D eigenvalue weighted by Crippen LogP contribution is 2.35. The number of carbonyl (C=O) groups excluding carboxylic acids is 3. The van der Waals surface area contributed by atoms with E-state index in [1.54, 1.807) is 28.3 Å². The van der Waals surface area contributed by atoms with Gasteiger partial charge in [0.25, 0.3) is 0 Å². The molecule has 2 aromatic heterocycles. The number of hydrogen-bond acceptors (Lipinski definition) is 7. The molecule has 2 saturated heterocycles. The van der Waals surface area contributed by atoms with Crippen molar-refractivity contribution in [3.8, 4) is 33.6 Å². The number of benzene rings is 2. The van der Waals surface area contributed by atoms with Gasteiger partial charge in [0.1, 0.15) is 23.7 Å². The number of H-pyrrole nitrogens is 2. The predicted molar refractivity (Wildman–Crippen MR) is 203 cm³/mol. The van der Waals surface area contributed by atoms with Crippen molar-refractivity contribution in [2.75, 3.05) is 27.2 Å². The Balaban J connectivity index is 1.11. The molecule has 14 nitrogen and oxygen atoms in total. The molecule has 2 aliphatic rings. The number of imidazole rings is 2. The lowest BCUT2D eigenvalue weighted by atomic mass is 10.0. The van der Waals surface area contributed by atoms with Crippen LogP contribution in [0.3, 0.4) is 0 Å². The SMILES string of the molecule is C=CC[C@@H](C(=O)N1CCC[C@H]1c1ncc(-c2ccc(-c3ccc(-c4cnc([C@@H]5CCCN5C(=O)[C@@H](NC(=O)OC)C(C)C)[nH]4)cc3)cc2)[nH]1)N(C)C(=O)O. The molecule has 0 radical (unpaired) electrons. The number of nitrogens with one attached hydrogen (secondary N) is 3. The minimum atomic E-state index is -1.16. The maximum Gasteiger partial charge on any atom is 0.407 e. The second-order valence-corrected chi connectivity index (χ2v) is 14.2. The number of hydrogen-bond donors (Lipinski definition) is 4. The van der Waals surface area contributed by atoms with Crippen molar-refractivity contribution in [2.45, 2.75) is 70.1 Å². The van der Waals surface area contributed by atoms with Crippen LogP contribution in [-0.4, -0.2) is 103 Å². The maximum atomic E-state index is 13.5. The molecule has 284 valence electrons. The number of amides is 4. The van der Waals surface area contributed by atoms with Crippen LogP contribution in [-0.2, 0) is 14.3 Å².